The van der Waals surface area contributed by atoms with Crippen LogP contribution in [-0.2, 0) is 4.74 Å². The highest BCUT2D eigenvalue weighted by molar-refractivity contribution is 4.98. The van der Waals surface area contributed by atoms with Crippen molar-refractivity contribution in [3.8, 4) is 0 Å². The average molecular weight is 270 g/mol. The van der Waals surface area contributed by atoms with Crippen molar-refractivity contribution in [3.63, 3.8) is 0 Å². The normalized spacial score (nSPS) is 32.1. The molecule has 2 aliphatic rings. The molecule has 0 amide bonds. The van der Waals surface area contributed by atoms with E-state index in [1.807, 2.05) is 0 Å². The molecular formula is C15H30N2O2. The number of hydrogen-bond acceptors (Lipinski definition) is 4. The van der Waals surface area contributed by atoms with Gasteiger partial charge in [0.05, 0.1) is 6.10 Å². The predicted molar refractivity (Wildman–Crippen MR) is 77.0 cm³/mol. The lowest BCUT2D eigenvalue weighted by Gasteiger charge is -2.51. The Bertz CT molecular complexity index is 282. The van der Waals surface area contributed by atoms with Crippen LogP contribution in [0.3, 0.4) is 0 Å². The van der Waals surface area contributed by atoms with Gasteiger partial charge in [-0.05, 0) is 52.4 Å². The number of methoxy groups -OCH3 is 1. The molecule has 1 atom stereocenters. The molecule has 1 saturated heterocycles. The van der Waals surface area contributed by atoms with E-state index >= 15 is 0 Å². The molecule has 1 aliphatic carbocycles. The first-order valence-corrected chi connectivity index (χ1v) is 7.65. The molecule has 0 spiro atoms. The summed E-state index contributed by atoms with van der Waals surface area (Å²) < 4.78 is 5.27. The Balaban J connectivity index is 1.79. The zero-order valence-corrected chi connectivity index (χ0v) is 12.9. The molecule has 4 heteroatoms. The smallest absolute Gasteiger partial charge is 0.105 e. The summed E-state index contributed by atoms with van der Waals surface area (Å²) in [6.07, 6.45) is 4.42. The zero-order chi connectivity index (χ0) is 14.0. The summed E-state index contributed by atoms with van der Waals surface area (Å²) in [5.41, 5.74) is 0.233. The van der Waals surface area contributed by atoms with Gasteiger partial charge in [-0.2, -0.15) is 0 Å². The molecule has 2 fully saturated rings. The molecule has 2 rings (SSSR count). The number of rotatable bonds is 5. The van der Waals surface area contributed by atoms with Crippen LogP contribution in [0.25, 0.3) is 0 Å². The summed E-state index contributed by atoms with van der Waals surface area (Å²) in [6, 6.07) is 0.578. The van der Waals surface area contributed by atoms with Gasteiger partial charge in [0.15, 0.2) is 0 Å². The molecule has 0 aromatic heterocycles. The minimum absolute atomic E-state index is 0.0500. The number of aliphatic hydroxyl groups is 1. The monoisotopic (exact) mass is 270 g/mol. The van der Waals surface area contributed by atoms with E-state index in [1.54, 1.807) is 7.11 Å². The zero-order valence-electron chi connectivity index (χ0n) is 12.9. The first-order valence-electron chi connectivity index (χ1n) is 7.65. The van der Waals surface area contributed by atoms with Gasteiger partial charge in [-0.1, -0.05) is 0 Å². The minimum atomic E-state index is -0.0500. The van der Waals surface area contributed by atoms with Crippen LogP contribution in [0.5, 0.6) is 0 Å². The maximum Gasteiger partial charge on any atom is 0.105 e. The number of nitrogens with one attached hydrogen (secondary N) is 1. The highest BCUT2D eigenvalue weighted by atomic mass is 16.5. The van der Waals surface area contributed by atoms with Crippen molar-refractivity contribution >= 4 is 0 Å². The Kier molecular flexibility index (Phi) is 4.88. The topological polar surface area (TPSA) is 44.7 Å². The maximum atomic E-state index is 9.51. The Morgan fingerprint density at radius 2 is 1.84 bits per heavy atom. The van der Waals surface area contributed by atoms with E-state index in [0.29, 0.717) is 12.0 Å². The lowest BCUT2D eigenvalue weighted by atomic mass is 9.69. The highest BCUT2D eigenvalue weighted by Gasteiger charge is 2.43. The maximum absolute atomic E-state index is 9.51. The van der Waals surface area contributed by atoms with Gasteiger partial charge in [-0.3, -0.25) is 10.2 Å². The Hall–Kier alpha value is -0.160. The van der Waals surface area contributed by atoms with E-state index in [9.17, 15) is 5.11 Å². The van der Waals surface area contributed by atoms with Crippen LogP contribution < -0.4 is 5.32 Å². The second-order valence-electron chi connectivity index (χ2n) is 6.78. The third-order valence-corrected chi connectivity index (χ3v) is 5.25. The molecule has 2 N–H and O–H groups in total. The molecule has 1 aliphatic heterocycles. The fraction of sp³-hybridized carbons (Fsp3) is 1.00. The van der Waals surface area contributed by atoms with Crippen molar-refractivity contribution in [1.29, 1.82) is 0 Å². The van der Waals surface area contributed by atoms with E-state index in [-0.39, 0.29) is 17.9 Å². The van der Waals surface area contributed by atoms with Crippen LogP contribution in [-0.4, -0.2) is 54.1 Å². The molecule has 0 bridgehead atoms. The fourth-order valence-electron chi connectivity index (χ4n) is 3.45. The number of aliphatic hydroxyl groups excluding tert-OH is 1. The number of hydrogen-bond donors (Lipinski definition) is 2. The highest BCUT2D eigenvalue weighted by Crippen LogP contribution is 2.40. The molecule has 1 saturated carbocycles. The van der Waals surface area contributed by atoms with Crippen molar-refractivity contribution in [1.82, 2.24) is 10.2 Å². The van der Waals surface area contributed by atoms with Crippen LogP contribution >= 0.6 is 0 Å². The average Bonchev–Trinajstić information content (AvgIpc) is 2.35. The van der Waals surface area contributed by atoms with Gasteiger partial charge in [-0.25, -0.2) is 0 Å². The Morgan fingerprint density at radius 1 is 1.26 bits per heavy atom. The van der Waals surface area contributed by atoms with Crippen molar-refractivity contribution in [2.45, 2.75) is 70.4 Å². The van der Waals surface area contributed by atoms with Crippen LogP contribution in [0.1, 0.15) is 46.5 Å². The first-order chi connectivity index (χ1) is 8.93. The summed E-state index contributed by atoms with van der Waals surface area (Å²) in [6.45, 7) is 9.04. The largest absolute Gasteiger partial charge is 0.393 e. The van der Waals surface area contributed by atoms with Crippen molar-refractivity contribution in [2.24, 2.45) is 5.92 Å². The second-order valence-corrected chi connectivity index (χ2v) is 6.78. The summed E-state index contributed by atoms with van der Waals surface area (Å²) in [7, 11) is 1.75. The SMILES string of the molecule is COC(C)NC1CCN(C(C)(C)C2CC(O)C2)CC1. The first kappa shape index (κ1) is 15.2. The molecule has 4 nitrogen and oxygen atoms in total. The Labute approximate surface area is 117 Å². The molecule has 0 aromatic carbocycles. The minimum Gasteiger partial charge on any atom is -0.393 e. The lowest BCUT2D eigenvalue weighted by Crippen LogP contribution is -2.58. The number of ether oxygens (including phenoxy) is 1. The summed E-state index contributed by atoms with van der Waals surface area (Å²) in [5.74, 6) is 0.657. The third kappa shape index (κ3) is 3.48. The van der Waals surface area contributed by atoms with Gasteiger partial charge >= 0.3 is 0 Å². The molecule has 0 aromatic rings. The summed E-state index contributed by atoms with van der Waals surface area (Å²) in [4.78, 5) is 2.61. The summed E-state index contributed by atoms with van der Waals surface area (Å²) >= 11 is 0. The molecule has 0 radical (unpaired) electrons. The van der Waals surface area contributed by atoms with E-state index < -0.39 is 0 Å². The predicted octanol–water partition coefficient (Wildman–Crippen LogP) is 1.58. The van der Waals surface area contributed by atoms with E-state index in [1.165, 1.54) is 12.8 Å². The molecule has 19 heavy (non-hydrogen) atoms. The molecule has 1 unspecified atom stereocenters. The van der Waals surface area contributed by atoms with Crippen molar-refractivity contribution in [3.05, 3.63) is 0 Å². The summed E-state index contributed by atoms with van der Waals surface area (Å²) in [5, 5.41) is 13.0. The second kappa shape index (κ2) is 6.08. The van der Waals surface area contributed by atoms with Gasteiger partial charge in [0.25, 0.3) is 0 Å². The van der Waals surface area contributed by atoms with Gasteiger partial charge in [-0.15, -0.1) is 0 Å². The van der Waals surface area contributed by atoms with E-state index in [4.69, 9.17) is 4.74 Å². The standard InChI is InChI=1S/C15H30N2O2/c1-11(19-4)16-13-5-7-17(8-6-13)15(2,3)12-9-14(18)10-12/h11-14,16,18H,5-10H2,1-4H3. The quantitative estimate of drug-likeness (QED) is 0.745. The van der Waals surface area contributed by atoms with Crippen LogP contribution in [0.4, 0.5) is 0 Å². The van der Waals surface area contributed by atoms with Crippen LogP contribution in [0.15, 0.2) is 0 Å². The number of likely N-dealkylation sites (tertiary alicyclic amines) is 1. The fourth-order valence-corrected chi connectivity index (χ4v) is 3.45. The molecular weight excluding hydrogens is 240 g/mol. The Morgan fingerprint density at radius 3 is 2.32 bits per heavy atom. The van der Waals surface area contributed by atoms with Crippen LogP contribution in [0.2, 0.25) is 0 Å². The number of piperidine rings is 1. The molecule has 1 heterocycles. The van der Waals surface area contributed by atoms with Gasteiger partial charge in [0, 0.05) is 31.8 Å². The van der Waals surface area contributed by atoms with E-state index in [0.717, 1.165) is 25.9 Å². The van der Waals surface area contributed by atoms with Gasteiger partial charge < -0.3 is 9.84 Å². The van der Waals surface area contributed by atoms with Crippen LogP contribution in [0, 0.1) is 5.92 Å². The van der Waals surface area contributed by atoms with Gasteiger partial charge in [0.2, 0.25) is 0 Å². The number of nitrogens with zero attached hydrogens (tertiary/aromatic N) is 1. The lowest BCUT2D eigenvalue weighted by molar-refractivity contribution is -0.0569. The third-order valence-electron chi connectivity index (χ3n) is 5.25. The van der Waals surface area contributed by atoms with Crippen molar-refractivity contribution in [2.75, 3.05) is 20.2 Å². The van der Waals surface area contributed by atoms with Crippen molar-refractivity contribution < 1.29 is 9.84 Å². The van der Waals surface area contributed by atoms with E-state index in [2.05, 4.69) is 31.0 Å². The van der Waals surface area contributed by atoms with Gasteiger partial charge in [0.1, 0.15) is 6.23 Å². The molecule has 112 valence electrons.